The van der Waals surface area contributed by atoms with Gasteiger partial charge in [0.2, 0.25) is 0 Å². The van der Waals surface area contributed by atoms with E-state index in [0.29, 0.717) is 5.39 Å². The van der Waals surface area contributed by atoms with Crippen molar-refractivity contribution >= 4 is 28.3 Å². The first-order chi connectivity index (χ1) is 11.4. The van der Waals surface area contributed by atoms with Crippen molar-refractivity contribution in [2.45, 2.75) is 24.6 Å². The Kier molecular flexibility index (Phi) is 4.93. The molecule has 0 amide bonds. The fourth-order valence-corrected chi connectivity index (χ4v) is 2.49. The van der Waals surface area contributed by atoms with E-state index in [9.17, 15) is 31.1 Å². The van der Waals surface area contributed by atoms with Gasteiger partial charge in [0.05, 0.1) is 6.61 Å². The molecule has 2 rings (SSSR count). The van der Waals surface area contributed by atoms with Crippen molar-refractivity contribution in [2.24, 2.45) is 0 Å². The molecule has 0 atom stereocenters. The Hall–Kier alpha value is -2.00. The van der Waals surface area contributed by atoms with Crippen molar-refractivity contribution in [3.05, 3.63) is 47.0 Å². The summed E-state index contributed by atoms with van der Waals surface area (Å²) in [6, 6.07) is 8.45. The van der Waals surface area contributed by atoms with Crippen LogP contribution in [0.2, 0.25) is 5.02 Å². The summed E-state index contributed by atoms with van der Waals surface area (Å²) in [5.74, 6) is -3.19. The third kappa shape index (κ3) is 3.25. The van der Waals surface area contributed by atoms with Crippen molar-refractivity contribution in [3.63, 3.8) is 0 Å². The standard InChI is InChI=1S/C15H9ClF6O3/c16-11-6-5-8(9-3-1-2-4-10(9)11)7-25-13(12(23)24,14(17,18)19)15(20,21)22/h1-6H,7H2,(H,23,24). The van der Waals surface area contributed by atoms with Crippen LogP contribution in [0.25, 0.3) is 10.8 Å². The first-order valence-electron chi connectivity index (χ1n) is 6.58. The van der Waals surface area contributed by atoms with Gasteiger partial charge in [-0.1, -0.05) is 41.9 Å². The zero-order valence-corrected chi connectivity index (χ0v) is 12.8. The van der Waals surface area contributed by atoms with Crippen LogP contribution in [-0.2, 0) is 16.1 Å². The smallest absolute Gasteiger partial charge is 0.437 e. The van der Waals surface area contributed by atoms with Crippen LogP contribution in [0.4, 0.5) is 26.3 Å². The molecule has 3 nitrogen and oxygen atoms in total. The molecule has 136 valence electrons. The summed E-state index contributed by atoms with van der Waals surface area (Å²) in [5.41, 5.74) is -5.40. The Morgan fingerprint density at radius 3 is 1.96 bits per heavy atom. The van der Waals surface area contributed by atoms with E-state index in [-0.39, 0.29) is 16.0 Å². The molecule has 0 aromatic heterocycles. The van der Waals surface area contributed by atoms with Crippen LogP contribution < -0.4 is 0 Å². The number of hydrogen-bond donors (Lipinski definition) is 1. The lowest BCUT2D eigenvalue weighted by molar-refractivity contribution is -0.370. The number of carbonyl (C=O) groups is 1. The van der Waals surface area contributed by atoms with Crippen molar-refractivity contribution in [1.82, 2.24) is 0 Å². The van der Waals surface area contributed by atoms with Gasteiger partial charge in [-0.05, 0) is 17.0 Å². The largest absolute Gasteiger partial charge is 0.479 e. The van der Waals surface area contributed by atoms with E-state index < -0.39 is 30.5 Å². The summed E-state index contributed by atoms with van der Waals surface area (Å²) >= 11 is 5.92. The molecule has 0 radical (unpaired) electrons. The predicted octanol–water partition coefficient (Wildman–Crippen LogP) is 4.96. The summed E-state index contributed by atoms with van der Waals surface area (Å²) in [7, 11) is 0. The molecule has 0 spiro atoms. The second-order valence-corrected chi connectivity index (χ2v) is 5.43. The molecule has 10 heteroatoms. The van der Waals surface area contributed by atoms with Crippen molar-refractivity contribution in [2.75, 3.05) is 0 Å². The first-order valence-corrected chi connectivity index (χ1v) is 6.96. The van der Waals surface area contributed by atoms with Gasteiger partial charge in [-0.3, -0.25) is 0 Å². The van der Waals surface area contributed by atoms with Crippen LogP contribution in [0.15, 0.2) is 36.4 Å². The second-order valence-electron chi connectivity index (χ2n) is 5.02. The molecule has 0 aliphatic carbocycles. The van der Waals surface area contributed by atoms with Crippen molar-refractivity contribution in [1.29, 1.82) is 0 Å². The van der Waals surface area contributed by atoms with E-state index in [1.165, 1.54) is 30.3 Å². The Morgan fingerprint density at radius 2 is 1.48 bits per heavy atom. The molecule has 0 fully saturated rings. The van der Waals surface area contributed by atoms with Crippen LogP contribution in [0.3, 0.4) is 0 Å². The maximum absolute atomic E-state index is 13.0. The number of aliphatic carboxylic acids is 1. The second kappa shape index (κ2) is 6.38. The predicted molar refractivity (Wildman–Crippen MR) is 76.2 cm³/mol. The van der Waals surface area contributed by atoms with Gasteiger partial charge in [-0.2, -0.15) is 26.3 Å². The van der Waals surface area contributed by atoms with Crippen LogP contribution in [0.5, 0.6) is 0 Å². The molecule has 0 aliphatic rings. The molecular formula is C15H9ClF6O3. The van der Waals surface area contributed by atoms with Crippen LogP contribution >= 0.6 is 11.6 Å². The lowest BCUT2D eigenvalue weighted by Gasteiger charge is -2.33. The topological polar surface area (TPSA) is 46.5 Å². The van der Waals surface area contributed by atoms with Gasteiger partial charge >= 0.3 is 23.9 Å². The average Bonchev–Trinajstić information content (AvgIpc) is 2.47. The van der Waals surface area contributed by atoms with Gasteiger partial charge < -0.3 is 9.84 Å². The third-order valence-corrected chi connectivity index (χ3v) is 3.83. The summed E-state index contributed by atoms with van der Waals surface area (Å²) < 4.78 is 81.7. The highest BCUT2D eigenvalue weighted by Crippen LogP contribution is 2.46. The zero-order chi connectivity index (χ0) is 19.0. The Morgan fingerprint density at radius 1 is 0.960 bits per heavy atom. The first kappa shape index (κ1) is 19.3. The number of ether oxygens (including phenoxy) is 1. The number of hydrogen-bond acceptors (Lipinski definition) is 2. The number of rotatable bonds is 4. The minimum atomic E-state index is -6.21. The van der Waals surface area contributed by atoms with E-state index in [4.69, 9.17) is 16.7 Å². The molecule has 25 heavy (non-hydrogen) atoms. The maximum Gasteiger partial charge on any atom is 0.437 e. The highest BCUT2D eigenvalue weighted by molar-refractivity contribution is 6.35. The van der Waals surface area contributed by atoms with Gasteiger partial charge in [-0.25, -0.2) is 4.79 Å². The van der Waals surface area contributed by atoms with E-state index in [2.05, 4.69) is 4.74 Å². The molecule has 2 aromatic carbocycles. The quantitative estimate of drug-likeness (QED) is 0.756. The molecule has 0 saturated heterocycles. The van der Waals surface area contributed by atoms with E-state index in [0.717, 1.165) is 0 Å². The van der Waals surface area contributed by atoms with Crippen LogP contribution in [0, 0.1) is 0 Å². The normalized spacial score (nSPS) is 13.2. The highest BCUT2D eigenvalue weighted by atomic mass is 35.5. The molecule has 2 aromatic rings. The van der Waals surface area contributed by atoms with E-state index in [1.54, 1.807) is 6.07 Å². The van der Waals surface area contributed by atoms with E-state index in [1.807, 2.05) is 0 Å². The van der Waals surface area contributed by atoms with Gasteiger partial charge in [-0.15, -0.1) is 0 Å². The SMILES string of the molecule is O=C(O)C(OCc1ccc(Cl)c2ccccc12)(C(F)(F)F)C(F)(F)F. The monoisotopic (exact) mass is 386 g/mol. The summed E-state index contributed by atoms with van der Waals surface area (Å²) in [4.78, 5) is 10.9. The van der Waals surface area contributed by atoms with Crippen LogP contribution in [-0.4, -0.2) is 29.0 Å². The summed E-state index contributed by atoms with van der Waals surface area (Å²) in [5, 5.41) is 9.50. The van der Waals surface area contributed by atoms with Crippen molar-refractivity contribution in [3.8, 4) is 0 Å². The molecule has 0 aliphatic heterocycles. The Labute approximate surface area is 141 Å². The van der Waals surface area contributed by atoms with Gasteiger partial charge in [0.15, 0.2) is 0 Å². The molecule has 0 saturated carbocycles. The summed E-state index contributed by atoms with van der Waals surface area (Å²) in [6.45, 7) is -1.23. The summed E-state index contributed by atoms with van der Waals surface area (Å²) in [6.07, 6.45) is -12.4. The Balaban J connectivity index is 2.50. The third-order valence-electron chi connectivity index (χ3n) is 3.50. The van der Waals surface area contributed by atoms with Gasteiger partial charge in [0.25, 0.3) is 0 Å². The van der Waals surface area contributed by atoms with E-state index >= 15 is 0 Å². The van der Waals surface area contributed by atoms with Gasteiger partial charge in [0, 0.05) is 10.4 Å². The zero-order valence-electron chi connectivity index (χ0n) is 12.1. The minimum Gasteiger partial charge on any atom is -0.479 e. The molecular weight excluding hydrogens is 378 g/mol. The average molecular weight is 387 g/mol. The molecule has 1 N–H and O–H groups in total. The number of alkyl halides is 6. The highest BCUT2D eigenvalue weighted by Gasteiger charge is 2.78. The molecule has 0 bridgehead atoms. The lowest BCUT2D eigenvalue weighted by Crippen LogP contribution is -2.64. The lowest BCUT2D eigenvalue weighted by atomic mass is 10.0. The van der Waals surface area contributed by atoms with Crippen molar-refractivity contribution < 1.29 is 41.0 Å². The maximum atomic E-state index is 13.0. The molecule has 0 unspecified atom stereocenters. The fraction of sp³-hybridized carbons (Fsp3) is 0.267. The van der Waals surface area contributed by atoms with Crippen LogP contribution in [0.1, 0.15) is 5.56 Å². The molecule has 0 heterocycles. The number of benzene rings is 2. The number of fused-ring (bicyclic) bond motifs is 1. The van der Waals surface area contributed by atoms with Gasteiger partial charge in [0.1, 0.15) is 0 Å². The number of carboxylic acids is 1. The minimum absolute atomic E-state index is 0.0703. The number of halogens is 7. The number of carboxylic acid groups (broad SMARTS) is 1. The Bertz CT molecular complexity index is 786. The fourth-order valence-electron chi connectivity index (χ4n) is 2.27.